The summed E-state index contributed by atoms with van der Waals surface area (Å²) in [5.74, 6) is -0.920. The molecule has 51 heavy (non-hydrogen) atoms. The van der Waals surface area contributed by atoms with Gasteiger partial charge in [-0.2, -0.15) is 0 Å². The van der Waals surface area contributed by atoms with Crippen LogP contribution in [0.15, 0.2) is 53.7 Å². The van der Waals surface area contributed by atoms with Gasteiger partial charge in [0.15, 0.2) is 17.4 Å². The monoisotopic (exact) mass is 698 g/mol. The van der Waals surface area contributed by atoms with Gasteiger partial charge in [0.05, 0.1) is 24.8 Å². The Morgan fingerprint density at radius 1 is 0.980 bits per heavy atom. The van der Waals surface area contributed by atoms with E-state index in [9.17, 15) is 19.2 Å². The van der Waals surface area contributed by atoms with Gasteiger partial charge in [-0.3, -0.25) is 14.5 Å². The van der Waals surface area contributed by atoms with Crippen molar-refractivity contribution < 1.29 is 38.2 Å². The van der Waals surface area contributed by atoms with Crippen LogP contribution in [0.4, 0.5) is 4.79 Å². The molecular formula is C39H46N4O8. The minimum atomic E-state index is -1.11. The molecule has 0 aromatic heterocycles. The van der Waals surface area contributed by atoms with Crippen molar-refractivity contribution in [3.63, 3.8) is 0 Å². The standard InChI is InChI=1S/C39H46N4O8/c1-3-9-30(33(35(45)40-24-14-15-24)50-39-17-16-23(39)18-39)41-34(44)32-20-38(19-31(42-51-38)36(46)48-4-2)22-43(32)37(47)49-21-29-27-12-7-5-10-25(27)26-11-6-8-13-28(26)29/h5-8,10-13,23-24,29-30,32-33H,3-4,9,14-22H2,1-2H3,(H,40,45)(H,41,44)/t23-,30-,32-,33?,38+,39-/m0/s1. The van der Waals surface area contributed by atoms with Crippen molar-refractivity contribution in [3.05, 3.63) is 59.7 Å². The molecule has 2 aromatic rings. The number of carbonyl (C=O) groups is 4. The third-order valence-electron chi connectivity index (χ3n) is 11.6. The molecule has 3 saturated carbocycles. The topological polar surface area (TPSA) is 145 Å². The maximum absolute atomic E-state index is 14.4. The fourth-order valence-electron chi connectivity index (χ4n) is 8.50. The van der Waals surface area contributed by atoms with E-state index < -0.39 is 41.8 Å². The Balaban J connectivity index is 1.02. The molecule has 2 aliphatic heterocycles. The van der Waals surface area contributed by atoms with Gasteiger partial charge in [-0.1, -0.05) is 67.0 Å². The van der Waals surface area contributed by atoms with Crippen LogP contribution in [0.3, 0.4) is 0 Å². The van der Waals surface area contributed by atoms with Crippen LogP contribution in [-0.4, -0.2) is 89.7 Å². The molecule has 0 bridgehead atoms. The van der Waals surface area contributed by atoms with Gasteiger partial charge in [0, 0.05) is 24.8 Å². The molecule has 2 N–H and O–H groups in total. The quantitative estimate of drug-likeness (QED) is 0.289. The van der Waals surface area contributed by atoms with Gasteiger partial charge in [0.2, 0.25) is 5.91 Å². The number of rotatable bonds is 13. The number of esters is 1. The molecular weight excluding hydrogens is 652 g/mol. The summed E-state index contributed by atoms with van der Waals surface area (Å²) in [5, 5.41) is 10.3. The Hall–Kier alpha value is -4.45. The van der Waals surface area contributed by atoms with Gasteiger partial charge in [0.25, 0.3) is 5.91 Å². The highest BCUT2D eigenvalue weighted by Gasteiger charge is 2.64. The van der Waals surface area contributed by atoms with Crippen LogP contribution in [0.2, 0.25) is 0 Å². The van der Waals surface area contributed by atoms with Crippen molar-refractivity contribution in [1.82, 2.24) is 15.5 Å². The highest BCUT2D eigenvalue weighted by molar-refractivity contribution is 6.36. The van der Waals surface area contributed by atoms with Crippen molar-refractivity contribution in [2.45, 2.75) is 113 Å². The van der Waals surface area contributed by atoms with Gasteiger partial charge in [-0.15, -0.1) is 0 Å². The number of carbonyl (C=O) groups excluding carboxylic acids is 4. The Bertz CT molecular complexity index is 1710. The van der Waals surface area contributed by atoms with Crippen molar-refractivity contribution >= 4 is 29.6 Å². The van der Waals surface area contributed by atoms with Crippen molar-refractivity contribution in [3.8, 4) is 11.1 Å². The summed E-state index contributed by atoms with van der Waals surface area (Å²) >= 11 is 0. The summed E-state index contributed by atoms with van der Waals surface area (Å²) in [6.45, 7) is 3.96. The zero-order valence-electron chi connectivity index (χ0n) is 29.2. The first-order valence-corrected chi connectivity index (χ1v) is 18.6. The Morgan fingerprint density at radius 3 is 2.31 bits per heavy atom. The van der Waals surface area contributed by atoms with Crippen LogP contribution in [0.25, 0.3) is 11.1 Å². The fourth-order valence-corrected chi connectivity index (χ4v) is 8.50. The maximum Gasteiger partial charge on any atom is 0.410 e. The zero-order valence-corrected chi connectivity index (χ0v) is 29.2. The lowest BCUT2D eigenvalue weighted by molar-refractivity contribution is -0.149. The maximum atomic E-state index is 14.4. The average Bonchev–Trinajstić information content (AvgIpc) is 3.83. The molecule has 12 nitrogen and oxygen atoms in total. The number of benzene rings is 2. The molecule has 0 radical (unpaired) electrons. The highest BCUT2D eigenvalue weighted by Crippen LogP contribution is 2.63. The highest BCUT2D eigenvalue weighted by atomic mass is 16.7. The van der Waals surface area contributed by atoms with Crippen LogP contribution in [0.5, 0.6) is 0 Å². The number of oxime groups is 1. The molecule has 6 atom stereocenters. The summed E-state index contributed by atoms with van der Waals surface area (Å²) in [6, 6.07) is 14.7. The smallest absolute Gasteiger partial charge is 0.410 e. The first-order valence-electron chi connectivity index (χ1n) is 18.6. The predicted molar refractivity (Wildman–Crippen MR) is 186 cm³/mol. The molecule has 4 aliphatic carbocycles. The summed E-state index contributed by atoms with van der Waals surface area (Å²) in [5.41, 5.74) is 3.10. The van der Waals surface area contributed by atoms with Crippen LogP contribution < -0.4 is 10.6 Å². The molecule has 8 rings (SSSR count). The lowest BCUT2D eigenvalue weighted by Gasteiger charge is -2.35. The number of nitrogens with zero attached hydrogens (tertiary/aromatic N) is 2. The molecule has 1 saturated heterocycles. The van der Waals surface area contributed by atoms with Crippen molar-refractivity contribution in [1.29, 1.82) is 0 Å². The van der Waals surface area contributed by atoms with E-state index in [1.165, 1.54) is 4.90 Å². The van der Waals surface area contributed by atoms with E-state index in [0.717, 1.165) is 54.4 Å². The third kappa shape index (κ3) is 6.36. The summed E-state index contributed by atoms with van der Waals surface area (Å²) in [7, 11) is 0. The molecule has 1 unspecified atom stereocenters. The number of likely N-dealkylation sites (tertiary alicyclic amines) is 1. The van der Waals surface area contributed by atoms with E-state index in [0.29, 0.717) is 18.8 Å². The molecule has 6 aliphatic rings. The number of hydrogen-bond acceptors (Lipinski definition) is 9. The van der Waals surface area contributed by atoms with Gasteiger partial charge in [-0.05, 0) is 73.6 Å². The molecule has 12 heteroatoms. The van der Waals surface area contributed by atoms with Gasteiger partial charge >= 0.3 is 12.1 Å². The second-order valence-corrected chi connectivity index (χ2v) is 15.1. The van der Waals surface area contributed by atoms with E-state index >= 15 is 0 Å². The summed E-state index contributed by atoms with van der Waals surface area (Å²) < 4.78 is 17.8. The summed E-state index contributed by atoms with van der Waals surface area (Å²) in [6.07, 6.45) is 4.71. The third-order valence-corrected chi connectivity index (χ3v) is 11.6. The lowest BCUT2D eigenvalue weighted by Crippen LogP contribution is -2.57. The molecule has 1 spiro atoms. The minimum Gasteiger partial charge on any atom is -0.461 e. The summed E-state index contributed by atoms with van der Waals surface area (Å²) in [4.78, 5) is 61.9. The van der Waals surface area contributed by atoms with Crippen LogP contribution in [0, 0.1) is 5.92 Å². The van der Waals surface area contributed by atoms with E-state index in [4.69, 9.17) is 19.0 Å². The van der Waals surface area contributed by atoms with Crippen LogP contribution in [0.1, 0.15) is 88.7 Å². The number of nitrogens with one attached hydrogen (secondary N) is 2. The van der Waals surface area contributed by atoms with E-state index in [1.807, 2.05) is 43.3 Å². The Labute approximate surface area is 297 Å². The second-order valence-electron chi connectivity index (χ2n) is 15.1. The van der Waals surface area contributed by atoms with E-state index in [2.05, 4.69) is 27.9 Å². The van der Waals surface area contributed by atoms with E-state index in [-0.39, 0.29) is 61.8 Å². The van der Waals surface area contributed by atoms with E-state index in [1.54, 1.807) is 6.92 Å². The minimum absolute atomic E-state index is 0.0144. The Morgan fingerprint density at radius 2 is 1.71 bits per heavy atom. The first kappa shape index (κ1) is 33.7. The van der Waals surface area contributed by atoms with Crippen LogP contribution in [-0.2, 0) is 33.4 Å². The zero-order chi connectivity index (χ0) is 35.3. The van der Waals surface area contributed by atoms with Gasteiger partial charge in [-0.25, -0.2) is 9.59 Å². The second kappa shape index (κ2) is 13.3. The number of fused-ring (bicyclic) bond motifs is 4. The molecule has 4 fully saturated rings. The average molecular weight is 699 g/mol. The largest absolute Gasteiger partial charge is 0.461 e. The van der Waals surface area contributed by atoms with Gasteiger partial charge < -0.3 is 29.7 Å². The molecule has 3 amide bonds. The van der Waals surface area contributed by atoms with Crippen molar-refractivity contribution in [2.75, 3.05) is 19.8 Å². The SMILES string of the molecule is CCC[C@H](NC(=O)[C@@H]1C[C@]2(CC(C(=O)OCC)=NO2)CN1C(=O)OCC1c2ccccc2-c2ccccc21)C(O[C@]12CC[C@H]1C2)C(=O)NC1CC1. The number of ether oxygens (including phenoxy) is 3. The van der Waals surface area contributed by atoms with Crippen LogP contribution >= 0.6 is 0 Å². The van der Waals surface area contributed by atoms with Gasteiger partial charge in [0.1, 0.15) is 12.6 Å². The predicted octanol–water partition coefficient (Wildman–Crippen LogP) is 4.59. The molecule has 2 aromatic carbocycles. The molecule has 270 valence electrons. The van der Waals surface area contributed by atoms with Crippen molar-refractivity contribution in [2.24, 2.45) is 11.1 Å². The fraction of sp³-hybridized carbons (Fsp3) is 0.564. The number of hydrogen-bond donors (Lipinski definition) is 2. The lowest BCUT2D eigenvalue weighted by atomic mass is 9.93. The molecule has 2 heterocycles. The normalized spacial score (nSPS) is 28.0. The first-order chi connectivity index (χ1) is 24.7. The number of amides is 3. The Kier molecular flexibility index (Phi) is 8.76.